The van der Waals surface area contributed by atoms with Crippen molar-refractivity contribution in [3.63, 3.8) is 0 Å². The molecular formula is C10H14N2O3S. The van der Waals surface area contributed by atoms with Gasteiger partial charge >= 0.3 is 6.09 Å². The van der Waals surface area contributed by atoms with Crippen molar-refractivity contribution in [3.05, 3.63) is 21.4 Å². The number of ether oxygens (including phenoxy) is 1. The van der Waals surface area contributed by atoms with Crippen molar-refractivity contribution in [2.24, 2.45) is 0 Å². The standard InChI is InChI=1S/C10H14N2O3S/c1-4-15-10(14)12-11-9(13)8-5-6(2)16-7(8)3/h5H,4H2,1-3H3,(H,11,13)(H,12,14). The Labute approximate surface area is 97.8 Å². The first-order valence-corrected chi connectivity index (χ1v) is 5.66. The van der Waals surface area contributed by atoms with Crippen molar-refractivity contribution < 1.29 is 14.3 Å². The van der Waals surface area contributed by atoms with Gasteiger partial charge in [-0.3, -0.25) is 10.2 Å². The maximum Gasteiger partial charge on any atom is 0.426 e. The molecule has 0 unspecified atom stereocenters. The van der Waals surface area contributed by atoms with Crippen molar-refractivity contribution in [1.82, 2.24) is 10.9 Å². The average molecular weight is 242 g/mol. The normalized spacial score (nSPS) is 9.69. The van der Waals surface area contributed by atoms with Gasteiger partial charge in [-0.05, 0) is 26.8 Å². The van der Waals surface area contributed by atoms with E-state index in [1.165, 1.54) is 11.3 Å². The van der Waals surface area contributed by atoms with Crippen LogP contribution in [-0.4, -0.2) is 18.6 Å². The summed E-state index contributed by atoms with van der Waals surface area (Å²) in [5.74, 6) is -0.338. The van der Waals surface area contributed by atoms with Crippen LogP contribution in [0.3, 0.4) is 0 Å². The third-order valence-corrected chi connectivity index (χ3v) is 2.81. The third-order valence-electron chi connectivity index (χ3n) is 1.84. The number of hydrazine groups is 1. The Morgan fingerprint density at radius 2 is 2.06 bits per heavy atom. The highest BCUT2D eigenvalue weighted by molar-refractivity contribution is 7.12. The monoisotopic (exact) mass is 242 g/mol. The summed E-state index contributed by atoms with van der Waals surface area (Å²) >= 11 is 1.54. The molecule has 1 heterocycles. The highest BCUT2D eigenvalue weighted by Crippen LogP contribution is 2.19. The molecule has 1 aromatic heterocycles. The molecule has 0 radical (unpaired) electrons. The molecule has 88 valence electrons. The number of thiophene rings is 1. The molecular weight excluding hydrogens is 228 g/mol. The lowest BCUT2D eigenvalue weighted by atomic mass is 10.2. The molecule has 2 N–H and O–H groups in total. The first kappa shape index (κ1) is 12.5. The zero-order valence-corrected chi connectivity index (χ0v) is 10.2. The van der Waals surface area contributed by atoms with Crippen LogP contribution in [0.5, 0.6) is 0 Å². The van der Waals surface area contributed by atoms with Crippen LogP contribution >= 0.6 is 11.3 Å². The second-order valence-electron chi connectivity index (χ2n) is 3.13. The van der Waals surface area contributed by atoms with E-state index in [1.807, 2.05) is 13.8 Å². The molecule has 16 heavy (non-hydrogen) atoms. The molecule has 0 bridgehead atoms. The Hall–Kier alpha value is -1.56. The minimum atomic E-state index is -0.666. The lowest BCUT2D eigenvalue weighted by Crippen LogP contribution is -2.41. The van der Waals surface area contributed by atoms with Gasteiger partial charge in [-0.25, -0.2) is 10.2 Å². The summed E-state index contributed by atoms with van der Waals surface area (Å²) in [6, 6.07) is 1.78. The van der Waals surface area contributed by atoms with Crippen LogP contribution in [0.4, 0.5) is 4.79 Å². The van der Waals surface area contributed by atoms with Gasteiger partial charge in [0.1, 0.15) is 0 Å². The van der Waals surface area contributed by atoms with Crippen molar-refractivity contribution in [2.45, 2.75) is 20.8 Å². The molecule has 1 aromatic rings. The van der Waals surface area contributed by atoms with E-state index in [4.69, 9.17) is 0 Å². The van der Waals surface area contributed by atoms with Gasteiger partial charge in [0.25, 0.3) is 5.91 Å². The van der Waals surface area contributed by atoms with E-state index >= 15 is 0 Å². The van der Waals surface area contributed by atoms with E-state index in [-0.39, 0.29) is 12.5 Å². The largest absolute Gasteiger partial charge is 0.449 e. The van der Waals surface area contributed by atoms with Crippen molar-refractivity contribution in [1.29, 1.82) is 0 Å². The lowest BCUT2D eigenvalue weighted by molar-refractivity contribution is 0.0912. The third kappa shape index (κ3) is 3.23. The van der Waals surface area contributed by atoms with Crippen LogP contribution in [-0.2, 0) is 4.74 Å². The van der Waals surface area contributed by atoms with E-state index in [1.54, 1.807) is 13.0 Å². The fourth-order valence-corrected chi connectivity index (χ4v) is 2.12. The predicted molar refractivity (Wildman–Crippen MR) is 61.4 cm³/mol. The van der Waals surface area contributed by atoms with Crippen molar-refractivity contribution in [2.75, 3.05) is 6.61 Å². The summed E-state index contributed by atoms with van der Waals surface area (Å²) in [6.07, 6.45) is -0.666. The Balaban J connectivity index is 2.53. The second-order valence-corrected chi connectivity index (χ2v) is 4.59. The number of hydrogen-bond acceptors (Lipinski definition) is 4. The zero-order chi connectivity index (χ0) is 12.1. The van der Waals surface area contributed by atoms with Gasteiger partial charge in [-0.2, -0.15) is 0 Å². The van der Waals surface area contributed by atoms with Gasteiger partial charge < -0.3 is 4.74 Å². The molecule has 0 spiro atoms. The smallest absolute Gasteiger partial charge is 0.426 e. The fraction of sp³-hybridized carbons (Fsp3) is 0.400. The van der Waals surface area contributed by atoms with Crippen LogP contribution in [0.2, 0.25) is 0 Å². The van der Waals surface area contributed by atoms with Crippen LogP contribution in [0, 0.1) is 13.8 Å². The second kappa shape index (κ2) is 5.50. The maximum absolute atomic E-state index is 11.6. The van der Waals surface area contributed by atoms with E-state index in [0.717, 1.165) is 9.75 Å². The van der Waals surface area contributed by atoms with Gasteiger partial charge in [0.05, 0.1) is 12.2 Å². The van der Waals surface area contributed by atoms with Gasteiger partial charge in [-0.1, -0.05) is 0 Å². The predicted octanol–water partition coefficient (Wildman–Crippen LogP) is 1.76. The minimum Gasteiger partial charge on any atom is -0.449 e. The maximum atomic E-state index is 11.6. The molecule has 0 atom stereocenters. The minimum absolute atomic E-state index is 0.262. The Morgan fingerprint density at radius 3 is 2.56 bits per heavy atom. The molecule has 0 aliphatic heterocycles. The van der Waals surface area contributed by atoms with E-state index < -0.39 is 6.09 Å². The number of amides is 2. The molecule has 5 nitrogen and oxygen atoms in total. The number of carbonyl (C=O) groups is 2. The highest BCUT2D eigenvalue weighted by Gasteiger charge is 2.12. The van der Waals surface area contributed by atoms with Gasteiger partial charge in [0.2, 0.25) is 0 Å². The van der Waals surface area contributed by atoms with E-state index in [9.17, 15) is 9.59 Å². The molecule has 6 heteroatoms. The zero-order valence-electron chi connectivity index (χ0n) is 9.42. The molecule has 0 saturated heterocycles. The van der Waals surface area contributed by atoms with Crippen LogP contribution in [0.25, 0.3) is 0 Å². The summed E-state index contributed by atoms with van der Waals surface area (Å²) in [7, 11) is 0. The van der Waals surface area contributed by atoms with Crippen molar-refractivity contribution in [3.8, 4) is 0 Å². The molecule has 0 aliphatic rings. The van der Waals surface area contributed by atoms with Gasteiger partial charge in [-0.15, -0.1) is 11.3 Å². The molecule has 0 saturated carbocycles. The van der Waals surface area contributed by atoms with Crippen LogP contribution in [0.1, 0.15) is 27.0 Å². The van der Waals surface area contributed by atoms with Crippen LogP contribution in [0.15, 0.2) is 6.07 Å². The number of carbonyl (C=O) groups excluding carboxylic acids is 2. The first-order chi connectivity index (χ1) is 7.54. The summed E-state index contributed by atoms with van der Waals surface area (Å²) in [6.45, 7) is 5.73. The van der Waals surface area contributed by atoms with Gasteiger partial charge in [0.15, 0.2) is 0 Å². The Morgan fingerprint density at radius 1 is 1.38 bits per heavy atom. The van der Waals surface area contributed by atoms with Crippen LogP contribution < -0.4 is 10.9 Å². The number of nitrogens with one attached hydrogen (secondary N) is 2. The van der Waals surface area contributed by atoms with Crippen molar-refractivity contribution >= 4 is 23.3 Å². The van der Waals surface area contributed by atoms with E-state index in [0.29, 0.717) is 5.56 Å². The molecule has 0 fully saturated rings. The molecule has 1 rings (SSSR count). The summed E-state index contributed by atoms with van der Waals surface area (Å²) < 4.78 is 4.60. The molecule has 2 amide bonds. The fourth-order valence-electron chi connectivity index (χ4n) is 1.20. The number of hydrogen-bond donors (Lipinski definition) is 2. The Bertz CT molecular complexity index is 401. The lowest BCUT2D eigenvalue weighted by Gasteiger charge is -2.06. The summed E-state index contributed by atoms with van der Waals surface area (Å²) in [4.78, 5) is 24.5. The SMILES string of the molecule is CCOC(=O)NNC(=O)c1cc(C)sc1C. The molecule has 0 aromatic carbocycles. The quantitative estimate of drug-likeness (QED) is 0.776. The number of rotatable bonds is 2. The van der Waals surface area contributed by atoms with Gasteiger partial charge in [0, 0.05) is 9.75 Å². The molecule has 0 aliphatic carbocycles. The number of aryl methyl sites for hydroxylation is 2. The first-order valence-electron chi connectivity index (χ1n) is 4.84. The topological polar surface area (TPSA) is 67.4 Å². The summed E-state index contributed by atoms with van der Waals surface area (Å²) in [5.41, 5.74) is 5.01. The summed E-state index contributed by atoms with van der Waals surface area (Å²) in [5, 5.41) is 0. The highest BCUT2D eigenvalue weighted by atomic mass is 32.1. The van der Waals surface area contributed by atoms with E-state index in [2.05, 4.69) is 15.6 Å². The average Bonchev–Trinajstić information content (AvgIpc) is 2.55. The Kier molecular flexibility index (Phi) is 4.30.